The number of unbranched alkanes of at least 4 members (excludes halogenated alkanes) is 1. The highest BCUT2D eigenvalue weighted by molar-refractivity contribution is 5.98. The van der Waals surface area contributed by atoms with E-state index in [9.17, 15) is 19.5 Å². The lowest BCUT2D eigenvalue weighted by atomic mass is 9.65. The number of aliphatic hydroxyl groups is 1. The third-order valence-corrected chi connectivity index (χ3v) is 8.08. The molecule has 2 bridgehead atoms. The number of hydrogen-bond acceptors (Lipinski definition) is 6. The lowest BCUT2D eigenvalue weighted by Gasteiger charge is -2.39. The van der Waals surface area contributed by atoms with Gasteiger partial charge >= 0.3 is 5.97 Å². The number of carbonyl (C=O) groups is 3. The van der Waals surface area contributed by atoms with Crippen LogP contribution in [0.4, 0.5) is 0 Å². The molecular weight excluding hydrogens is 412 g/mol. The summed E-state index contributed by atoms with van der Waals surface area (Å²) in [6, 6.07) is -1.38. The Labute approximate surface area is 191 Å². The van der Waals surface area contributed by atoms with Crippen molar-refractivity contribution in [3.05, 3.63) is 0 Å². The molecule has 182 valence electrons. The summed E-state index contributed by atoms with van der Waals surface area (Å²) in [5, 5.41) is 13.2. The molecular formula is C24H40N2O6. The molecule has 3 aliphatic rings. The highest BCUT2D eigenvalue weighted by atomic mass is 16.6. The van der Waals surface area contributed by atoms with Gasteiger partial charge in [-0.1, -0.05) is 40.5 Å². The number of nitrogens with one attached hydrogen (secondary N) is 1. The van der Waals surface area contributed by atoms with Gasteiger partial charge in [0.2, 0.25) is 11.8 Å². The number of nitrogens with zero attached hydrogens (tertiary/aromatic N) is 1. The minimum Gasteiger partial charge on any atom is -0.466 e. The van der Waals surface area contributed by atoms with E-state index in [0.29, 0.717) is 25.8 Å². The van der Waals surface area contributed by atoms with Crippen LogP contribution in [0.5, 0.6) is 0 Å². The minimum atomic E-state index is -1.07. The molecule has 3 rings (SSSR count). The number of likely N-dealkylation sites (tertiary alicyclic amines) is 1. The summed E-state index contributed by atoms with van der Waals surface area (Å²) in [5.41, 5.74) is -1.85. The zero-order valence-corrected chi connectivity index (χ0v) is 20.2. The predicted octanol–water partition coefficient (Wildman–Crippen LogP) is 2.03. The average molecular weight is 453 g/mol. The lowest BCUT2D eigenvalue weighted by Crippen LogP contribution is -2.59. The van der Waals surface area contributed by atoms with Gasteiger partial charge < -0.3 is 24.8 Å². The van der Waals surface area contributed by atoms with E-state index in [2.05, 4.69) is 5.32 Å². The Morgan fingerprint density at radius 2 is 2.00 bits per heavy atom. The Morgan fingerprint density at radius 3 is 2.56 bits per heavy atom. The first-order chi connectivity index (χ1) is 15.3. The van der Waals surface area contributed by atoms with Gasteiger partial charge in [0.1, 0.15) is 17.6 Å². The van der Waals surface area contributed by atoms with Crippen molar-refractivity contribution in [3.63, 3.8) is 0 Å². The molecule has 8 heteroatoms. The fourth-order valence-corrected chi connectivity index (χ4v) is 6.20. The number of rotatable bonds is 11. The number of hydrogen-bond donors (Lipinski definition) is 2. The number of fused-ring (bicyclic) bond motifs is 1. The molecule has 2 N–H and O–H groups in total. The fourth-order valence-electron chi connectivity index (χ4n) is 6.20. The smallest absolute Gasteiger partial charge is 0.312 e. The number of carbonyl (C=O) groups excluding carboxylic acids is 3. The molecule has 8 nitrogen and oxygen atoms in total. The first kappa shape index (κ1) is 25.0. The molecule has 3 saturated heterocycles. The molecule has 2 amide bonds. The Kier molecular flexibility index (Phi) is 7.55. The summed E-state index contributed by atoms with van der Waals surface area (Å²) in [6.07, 6.45) is 4.24. The van der Waals surface area contributed by atoms with Crippen molar-refractivity contribution in [2.24, 2.45) is 17.8 Å². The van der Waals surface area contributed by atoms with E-state index in [1.54, 1.807) is 11.8 Å². The van der Waals surface area contributed by atoms with Gasteiger partial charge in [0.15, 0.2) is 0 Å². The molecule has 0 aromatic carbocycles. The molecule has 2 unspecified atom stereocenters. The Hall–Kier alpha value is -1.67. The molecule has 1 spiro atoms. The standard InChI is InChI=1S/C24H40N2O6/c1-6-10-13-25-20(28)19-24-12-11-23(8-3,32-24)18(22(30)31-9-4)17(24)21(29)26(19)16(14-27)15(5)7-2/h15-19,27H,6-14H2,1-5H3,(H,25,28)/t15-,16-,17-,18-,19?,23+,24?/m0/s1. The van der Waals surface area contributed by atoms with Crippen LogP contribution in [0.15, 0.2) is 0 Å². The maximum Gasteiger partial charge on any atom is 0.312 e. The second-order valence-electron chi connectivity index (χ2n) is 9.61. The lowest BCUT2D eigenvalue weighted by molar-refractivity contribution is -0.162. The molecule has 0 aromatic rings. The quantitative estimate of drug-likeness (QED) is 0.367. The molecule has 3 aliphatic heterocycles. The van der Waals surface area contributed by atoms with E-state index in [-0.39, 0.29) is 30.9 Å². The third-order valence-electron chi connectivity index (χ3n) is 8.08. The number of ether oxygens (including phenoxy) is 2. The molecule has 0 radical (unpaired) electrons. The van der Waals surface area contributed by atoms with Crippen molar-refractivity contribution in [3.8, 4) is 0 Å². The van der Waals surface area contributed by atoms with E-state index in [1.807, 2.05) is 27.7 Å². The van der Waals surface area contributed by atoms with E-state index in [0.717, 1.165) is 19.3 Å². The molecule has 0 aromatic heterocycles. The molecule has 7 atom stereocenters. The van der Waals surface area contributed by atoms with Crippen LogP contribution in [0.2, 0.25) is 0 Å². The second-order valence-corrected chi connectivity index (χ2v) is 9.61. The van der Waals surface area contributed by atoms with Crippen molar-refractivity contribution < 1.29 is 29.0 Å². The van der Waals surface area contributed by atoms with Gasteiger partial charge in [-0.2, -0.15) is 0 Å². The normalized spacial score (nSPS) is 35.0. The van der Waals surface area contributed by atoms with Crippen LogP contribution in [-0.2, 0) is 23.9 Å². The summed E-state index contributed by atoms with van der Waals surface area (Å²) in [7, 11) is 0. The SMILES string of the molecule is CCCCNC(=O)C1N([C@@H](CO)[C@@H](C)CC)C(=O)[C@@H]2[C@@H](C(=O)OCC)[C@@]3(CC)CCC12O3. The van der Waals surface area contributed by atoms with Crippen molar-refractivity contribution in [2.75, 3.05) is 19.8 Å². The van der Waals surface area contributed by atoms with Crippen molar-refractivity contribution in [1.29, 1.82) is 0 Å². The van der Waals surface area contributed by atoms with Gasteiger partial charge in [-0.05, 0) is 38.5 Å². The van der Waals surface area contributed by atoms with Crippen LogP contribution in [0, 0.1) is 17.8 Å². The van der Waals surface area contributed by atoms with Crippen LogP contribution < -0.4 is 5.32 Å². The largest absolute Gasteiger partial charge is 0.466 e. The summed E-state index contributed by atoms with van der Waals surface area (Å²) in [6.45, 7) is 10.2. The van der Waals surface area contributed by atoms with Crippen molar-refractivity contribution in [1.82, 2.24) is 10.2 Å². The minimum absolute atomic E-state index is 0.0107. The Morgan fingerprint density at radius 1 is 1.28 bits per heavy atom. The highest BCUT2D eigenvalue weighted by Gasteiger charge is 2.79. The third kappa shape index (κ3) is 3.63. The Bertz CT molecular complexity index is 729. The van der Waals surface area contributed by atoms with Gasteiger partial charge in [0.05, 0.1) is 30.8 Å². The molecule has 0 aliphatic carbocycles. The number of esters is 1. The van der Waals surface area contributed by atoms with Gasteiger partial charge in [-0.25, -0.2) is 0 Å². The maximum atomic E-state index is 14.0. The number of amides is 2. The Balaban J connectivity index is 2.08. The average Bonchev–Trinajstić information content (AvgIpc) is 3.38. The van der Waals surface area contributed by atoms with E-state index in [1.165, 1.54) is 0 Å². The van der Waals surface area contributed by atoms with Crippen LogP contribution in [-0.4, -0.2) is 70.8 Å². The summed E-state index contributed by atoms with van der Waals surface area (Å²) in [4.78, 5) is 42.1. The van der Waals surface area contributed by atoms with Crippen molar-refractivity contribution >= 4 is 17.8 Å². The maximum absolute atomic E-state index is 14.0. The topological polar surface area (TPSA) is 105 Å². The van der Waals surface area contributed by atoms with Gasteiger partial charge in [0.25, 0.3) is 0 Å². The van der Waals surface area contributed by atoms with E-state index >= 15 is 0 Å². The van der Waals surface area contributed by atoms with Gasteiger partial charge in [-0.15, -0.1) is 0 Å². The fraction of sp³-hybridized carbons (Fsp3) is 0.875. The molecule has 0 saturated carbocycles. The van der Waals surface area contributed by atoms with Crippen LogP contribution in [0.1, 0.15) is 73.1 Å². The zero-order valence-electron chi connectivity index (χ0n) is 20.2. The molecule has 3 heterocycles. The zero-order chi connectivity index (χ0) is 23.7. The van der Waals surface area contributed by atoms with Crippen LogP contribution in [0.3, 0.4) is 0 Å². The monoisotopic (exact) mass is 452 g/mol. The summed E-state index contributed by atoms with van der Waals surface area (Å²) >= 11 is 0. The first-order valence-corrected chi connectivity index (χ1v) is 12.4. The van der Waals surface area contributed by atoms with Crippen molar-refractivity contribution in [2.45, 2.75) is 96.4 Å². The van der Waals surface area contributed by atoms with Gasteiger partial charge in [-0.3, -0.25) is 14.4 Å². The summed E-state index contributed by atoms with van der Waals surface area (Å²) < 4.78 is 12.0. The van der Waals surface area contributed by atoms with Gasteiger partial charge in [0, 0.05) is 6.54 Å². The molecule has 3 fully saturated rings. The summed E-state index contributed by atoms with van der Waals surface area (Å²) in [5.74, 6) is -2.47. The first-order valence-electron chi connectivity index (χ1n) is 12.4. The van der Waals surface area contributed by atoms with E-state index in [4.69, 9.17) is 9.47 Å². The predicted molar refractivity (Wildman–Crippen MR) is 119 cm³/mol. The van der Waals surface area contributed by atoms with E-state index < -0.39 is 41.1 Å². The number of aliphatic hydroxyl groups excluding tert-OH is 1. The second kappa shape index (κ2) is 9.67. The van der Waals surface area contributed by atoms with Crippen LogP contribution in [0.25, 0.3) is 0 Å². The molecule has 32 heavy (non-hydrogen) atoms. The van der Waals surface area contributed by atoms with Crippen LogP contribution >= 0.6 is 0 Å². The highest BCUT2D eigenvalue weighted by Crippen LogP contribution is 2.64.